The molecule has 7 heteroatoms. The lowest BCUT2D eigenvalue weighted by Crippen LogP contribution is -2.40. The molecule has 1 aromatic carbocycles. The van der Waals surface area contributed by atoms with E-state index in [1.807, 2.05) is 0 Å². The van der Waals surface area contributed by atoms with E-state index in [0.717, 1.165) is 18.4 Å². The number of carbonyl (C=O) groups excluding carboxylic acids is 1. The number of carbonyl (C=O) groups is 1. The van der Waals surface area contributed by atoms with E-state index < -0.39 is 10.0 Å². The van der Waals surface area contributed by atoms with Crippen molar-refractivity contribution in [2.45, 2.75) is 50.5 Å². The zero-order valence-electron chi connectivity index (χ0n) is 15.0. The summed E-state index contributed by atoms with van der Waals surface area (Å²) < 4.78 is 31.8. The molecule has 6 nitrogen and oxygen atoms in total. The maximum atomic E-state index is 12.6. The van der Waals surface area contributed by atoms with E-state index in [2.05, 4.69) is 19.2 Å². The van der Waals surface area contributed by atoms with Crippen LogP contribution in [0.3, 0.4) is 0 Å². The summed E-state index contributed by atoms with van der Waals surface area (Å²) in [7, 11) is -3.46. The van der Waals surface area contributed by atoms with Crippen LogP contribution < -0.4 is 5.32 Å². The molecule has 0 atom stereocenters. The molecule has 0 aliphatic carbocycles. The highest BCUT2D eigenvalue weighted by molar-refractivity contribution is 7.89. The molecule has 25 heavy (non-hydrogen) atoms. The van der Waals surface area contributed by atoms with Crippen molar-refractivity contribution < 1.29 is 17.9 Å². The molecule has 1 saturated heterocycles. The van der Waals surface area contributed by atoms with Gasteiger partial charge in [0.05, 0.1) is 18.1 Å². The molecule has 0 radical (unpaired) electrons. The third kappa shape index (κ3) is 5.52. The van der Waals surface area contributed by atoms with Crippen molar-refractivity contribution in [2.24, 2.45) is 0 Å². The smallest absolute Gasteiger partial charge is 0.243 e. The van der Waals surface area contributed by atoms with Gasteiger partial charge in [-0.15, -0.1) is 0 Å². The number of nitrogens with zero attached hydrogens (tertiary/aromatic N) is 1. The minimum absolute atomic E-state index is 0.0405. The van der Waals surface area contributed by atoms with E-state index in [-0.39, 0.29) is 11.9 Å². The fourth-order valence-corrected chi connectivity index (χ4v) is 4.22. The maximum Gasteiger partial charge on any atom is 0.243 e. The predicted octanol–water partition coefficient (Wildman–Crippen LogP) is 1.94. The van der Waals surface area contributed by atoms with Crippen molar-refractivity contribution in [2.75, 3.05) is 26.3 Å². The topological polar surface area (TPSA) is 75.7 Å². The molecular weight excluding hydrogens is 340 g/mol. The fourth-order valence-electron chi connectivity index (χ4n) is 2.81. The number of hydrogen-bond acceptors (Lipinski definition) is 4. The highest BCUT2D eigenvalue weighted by Gasteiger charge is 2.26. The maximum absolute atomic E-state index is 12.6. The van der Waals surface area contributed by atoms with Crippen LogP contribution in [0.25, 0.3) is 0 Å². The lowest BCUT2D eigenvalue weighted by atomic mass is 10.1. The highest BCUT2D eigenvalue weighted by atomic mass is 32.2. The molecule has 1 fully saturated rings. The molecule has 1 aromatic rings. The van der Waals surface area contributed by atoms with Gasteiger partial charge in [-0.1, -0.05) is 26.0 Å². The summed E-state index contributed by atoms with van der Waals surface area (Å²) in [6.07, 6.45) is 2.86. The molecule has 0 spiro atoms. The Morgan fingerprint density at radius 2 is 1.76 bits per heavy atom. The number of amides is 1. The zero-order chi connectivity index (χ0) is 18.3. The average Bonchev–Trinajstić information content (AvgIpc) is 2.65. The van der Waals surface area contributed by atoms with Crippen molar-refractivity contribution in [1.82, 2.24) is 9.62 Å². The molecule has 1 amide bonds. The van der Waals surface area contributed by atoms with Gasteiger partial charge in [0.15, 0.2) is 0 Å². The van der Waals surface area contributed by atoms with E-state index in [9.17, 15) is 13.2 Å². The zero-order valence-corrected chi connectivity index (χ0v) is 15.8. The Kier molecular flexibility index (Phi) is 7.40. The van der Waals surface area contributed by atoms with Crippen LogP contribution >= 0.6 is 0 Å². The molecule has 0 aromatic heterocycles. The number of sulfonamides is 1. The average molecular weight is 368 g/mol. The quantitative estimate of drug-likeness (QED) is 0.761. The Hall–Kier alpha value is -1.44. The minimum Gasteiger partial charge on any atom is -0.379 e. The van der Waals surface area contributed by atoms with Gasteiger partial charge in [0.1, 0.15) is 0 Å². The van der Waals surface area contributed by atoms with E-state index in [0.29, 0.717) is 44.0 Å². The van der Waals surface area contributed by atoms with E-state index in [4.69, 9.17) is 4.74 Å². The van der Waals surface area contributed by atoms with Crippen molar-refractivity contribution in [3.05, 3.63) is 29.8 Å². The summed E-state index contributed by atoms with van der Waals surface area (Å²) >= 11 is 0. The summed E-state index contributed by atoms with van der Waals surface area (Å²) in [5, 5.41) is 3.01. The minimum atomic E-state index is -3.46. The summed E-state index contributed by atoms with van der Waals surface area (Å²) in [6, 6.07) is 7.06. The standard InChI is InChI=1S/C18H28N2O4S/c1-3-16(4-2)19-18(21)10-7-15-5-8-17(9-6-15)25(22,23)20-11-13-24-14-12-20/h5-6,8-9,16H,3-4,7,10-14H2,1-2H3,(H,19,21). The van der Waals surface area contributed by atoms with Gasteiger partial charge in [0.25, 0.3) is 0 Å². The first kappa shape index (κ1) is 19.9. The Morgan fingerprint density at radius 3 is 2.32 bits per heavy atom. The van der Waals surface area contributed by atoms with Gasteiger partial charge in [-0.2, -0.15) is 4.31 Å². The molecule has 1 aliphatic heterocycles. The molecule has 2 rings (SSSR count). The molecule has 1 heterocycles. The Balaban J connectivity index is 1.92. The van der Waals surface area contributed by atoms with E-state index >= 15 is 0 Å². The van der Waals surface area contributed by atoms with Crippen LogP contribution in [0.2, 0.25) is 0 Å². The number of morpholine rings is 1. The second-order valence-corrected chi connectivity index (χ2v) is 8.18. The summed E-state index contributed by atoms with van der Waals surface area (Å²) in [4.78, 5) is 12.2. The van der Waals surface area contributed by atoms with Crippen molar-refractivity contribution in [1.29, 1.82) is 0 Å². The van der Waals surface area contributed by atoms with Crippen molar-refractivity contribution in [3.8, 4) is 0 Å². The second kappa shape index (κ2) is 9.31. The van der Waals surface area contributed by atoms with Gasteiger partial charge in [-0.25, -0.2) is 8.42 Å². The van der Waals surface area contributed by atoms with Crippen LogP contribution in [0.15, 0.2) is 29.2 Å². The lowest BCUT2D eigenvalue weighted by Gasteiger charge is -2.26. The Bertz CT molecular complexity index is 648. The van der Waals surface area contributed by atoms with Gasteiger partial charge < -0.3 is 10.1 Å². The number of rotatable bonds is 8. The highest BCUT2D eigenvalue weighted by Crippen LogP contribution is 2.18. The van der Waals surface area contributed by atoms with Crippen molar-refractivity contribution in [3.63, 3.8) is 0 Å². The normalized spacial score (nSPS) is 16.1. The van der Waals surface area contributed by atoms with Crippen molar-refractivity contribution >= 4 is 15.9 Å². The SMILES string of the molecule is CCC(CC)NC(=O)CCc1ccc(S(=O)(=O)N2CCOCC2)cc1. The second-order valence-electron chi connectivity index (χ2n) is 6.24. The molecule has 1 N–H and O–H groups in total. The predicted molar refractivity (Wildman–Crippen MR) is 96.9 cm³/mol. The fraction of sp³-hybridized carbons (Fsp3) is 0.611. The largest absolute Gasteiger partial charge is 0.379 e. The molecular formula is C18H28N2O4S. The monoisotopic (exact) mass is 368 g/mol. The first-order valence-electron chi connectivity index (χ1n) is 8.93. The first-order valence-corrected chi connectivity index (χ1v) is 10.4. The third-order valence-electron chi connectivity index (χ3n) is 4.52. The van der Waals surface area contributed by atoms with Crippen LogP contribution in [0.5, 0.6) is 0 Å². The molecule has 0 saturated carbocycles. The van der Waals surface area contributed by atoms with Gasteiger partial charge in [0, 0.05) is 25.6 Å². The number of ether oxygens (including phenoxy) is 1. The number of nitrogens with one attached hydrogen (secondary N) is 1. The van der Waals surface area contributed by atoms with Gasteiger partial charge in [-0.3, -0.25) is 4.79 Å². The summed E-state index contributed by atoms with van der Waals surface area (Å²) in [6.45, 7) is 5.76. The van der Waals surface area contributed by atoms with Crippen LogP contribution in [-0.2, 0) is 26.0 Å². The third-order valence-corrected chi connectivity index (χ3v) is 6.44. The lowest BCUT2D eigenvalue weighted by molar-refractivity contribution is -0.121. The Labute approximate surface area is 150 Å². The number of hydrogen-bond donors (Lipinski definition) is 1. The number of aryl methyl sites for hydroxylation is 1. The van der Waals surface area contributed by atoms with Crippen LogP contribution in [0.4, 0.5) is 0 Å². The summed E-state index contributed by atoms with van der Waals surface area (Å²) in [5.41, 5.74) is 0.959. The summed E-state index contributed by atoms with van der Waals surface area (Å²) in [5.74, 6) is 0.0405. The first-order chi connectivity index (χ1) is 12.0. The molecule has 140 valence electrons. The van der Waals surface area contributed by atoms with Gasteiger partial charge in [0.2, 0.25) is 15.9 Å². The van der Waals surface area contributed by atoms with E-state index in [1.165, 1.54) is 4.31 Å². The Morgan fingerprint density at radius 1 is 1.16 bits per heavy atom. The van der Waals surface area contributed by atoms with Gasteiger partial charge in [-0.05, 0) is 37.0 Å². The number of benzene rings is 1. The van der Waals surface area contributed by atoms with E-state index in [1.54, 1.807) is 24.3 Å². The van der Waals surface area contributed by atoms with Crippen LogP contribution in [0.1, 0.15) is 38.7 Å². The van der Waals surface area contributed by atoms with Crippen LogP contribution in [0, 0.1) is 0 Å². The molecule has 0 bridgehead atoms. The molecule has 0 unspecified atom stereocenters. The van der Waals surface area contributed by atoms with Crippen LogP contribution in [-0.4, -0.2) is 51.0 Å². The molecule has 1 aliphatic rings. The van der Waals surface area contributed by atoms with Gasteiger partial charge >= 0.3 is 0 Å².